The van der Waals surface area contributed by atoms with Gasteiger partial charge in [0.15, 0.2) is 0 Å². The molecular weight excluding hydrogens is 240 g/mol. The van der Waals surface area contributed by atoms with E-state index in [-0.39, 0.29) is 5.60 Å². The summed E-state index contributed by atoms with van der Waals surface area (Å²) in [5.41, 5.74) is 2.05. The van der Waals surface area contributed by atoms with Crippen LogP contribution in [0.5, 0.6) is 0 Å². The minimum absolute atomic E-state index is 0.102. The topological polar surface area (TPSA) is 43.4 Å². The molecule has 19 heavy (non-hydrogen) atoms. The van der Waals surface area contributed by atoms with Crippen LogP contribution >= 0.6 is 0 Å². The van der Waals surface area contributed by atoms with Gasteiger partial charge in [-0.1, -0.05) is 13.0 Å². The lowest BCUT2D eigenvalue weighted by molar-refractivity contribution is -0.0380. The predicted molar refractivity (Wildman–Crippen MR) is 77.0 cm³/mol. The maximum Gasteiger partial charge on any atom is 0.0889 e. The van der Waals surface area contributed by atoms with Gasteiger partial charge in [0.1, 0.15) is 0 Å². The molecule has 1 rings (SSSR count). The van der Waals surface area contributed by atoms with Gasteiger partial charge in [0.25, 0.3) is 0 Å². The van der Waals surface area contributed by atoms with Gasteiger partial charge in [0, 0.05) is 12.7 Å². The molecule has 0 aliphatic carbocycles. The van der Waals surface area contributed by atoms with Crippen LogP contribution in [-0.2, 0) is 22.6 Å². The van der Waals surface area contributed by atoms with E-state index in [1.54, 1.807) is 0 Å². The van der Waals surface area contributed by atoms with Crippen molar-refractivity contribution in [2.75, 3.05) is 19.8 Å². The molecule has 0 aromatic carbocycles. The van der Waals surface area contributed by atoms with Gasteiger partial charge in [-0.15, -0.1) is 0 Å². The van der Waals surface area contributed by atoms with Crippen LogP contribution in [0.2, 0.25) is 0 Å². The Morgan fingerprint density at radius 2 is 2.00 bits per heavy atom. The molecule has 1 N–H and O–H groups in total. The molecular formula is C15H26N2O2. The van der Waals surface area contributed by atoms with Crippen molar-refractivity contribution in [3.05, 3.63) is 29.6 Å². The molecule has 0 unspecified atom stereocenters. The van der Waals surface area contributed by atoms with Gasteiger partial charge in [-0.2, -0.15) is 0 Å². The summed E-state index contributed by atoms with van der Waals surface area (Å²) in [6, 6.07) is 4.09. The fourth-order valence-corrected chi connectivity index (χ4v) is 1.50. The van der Waals surface area contributed by atoms with Crippen LogP contribution in [0.1, 0.15) is 39.0 Å². The van der Waals surface area contributed by atoms with Crippen molar-refractivity contribution >= 4 is 0 Å². The SMILES string of the molecule is CCNCc1ccc(COCCOC(C)(C)C)nc1. The molecule has 0 bridgehead atoms. The van der Waals surface area contributed by atoms with E-state index in [1.807, 2.05) is 33.0 Å². The number of hydrogen-bond donors (Lipinski definition) is 1. The van der Waals surface area contributed by atoms with Crippen molar-refractivity contribution in [1.29, 1.82) is 0 Å². The predicted octanol–water partition coefficient (Wildman–Crippen LogP) is 2.52. The molecule has 0 aliphatic heterocycles. The van der Waals surface area contributed by atoms with Gasteiger partial charge in [-0.25, -0.2) is 0 Å². The molecule has 4 nitrogen and oxygen atoms in total. The van der Waals surface area contributed by atoms with E-state index in [1.165, 1.54) is 5.56 Å². The van der Waals surface area contributed by atoms with E-state index in [9.17, 15) is 0 Å². The minimum atomic E-state index is -0.102. The first-order chi connectivity index (χ1) is 9.01. The molecule has 0 saturated heterocycles. The Balaban J connectivity index is 2.19. The van der Waals surface area contributed by atoms with Crippen LogP contribution in [0.4, 0.5) is 0 Å². The zero-order valence-electron chi connectivity index (χ0n) is 12.5. The Morgan fingerprint density at radius 1 is 1.21 bits per heavy atom. The largest absolute Gasteiger partial charge is 0.373 e. The lowest BCUT2D eigenvalue weighted by Gasteiger charge is -2.19. The van der Waals surface area contributed by atoms with E-state index in [0.717, 1.165) is 18.8 Å². The maximum atomic E-state index is 5.58. The lowest BCUT2D eigenvalue weighted by Crippen LogP contribution is -2.21. The Kier molecular flexibility index (Phi) is 6.99. The van der Waals surface area contributed by atoms with Crippen molar-refractivity contribution in [1.82, 2.24) is 10.3 Å². The molecule has 0 saturated carbocycles. The highest BCUT2D eigenvalue weighted by molar-refractivity contribution is 5.13. The summed E-state index contributed by atoms with van der Waals surface area (Å²) in [7, 11) is 0. The molecule has 1 aromatic heterocycles. The standard InChI is InChI=1S/C15H26N2O2/c1-5-16-10-13-6-7-14(17-11-13)12-18-8-9-19-15(2,3)4/h6-7,11,16H,5,8-10,12H2,1-4H3. The summed E-state index contributed by atoms with van der Waals surface area (Å²) in [5.74, 6) is 0. The van der Waals surface area contributed by atoms with E-state index in [0.29, 0.717) is 19.8 Å². The zero-order chi connectivity index (χ0) is 14.1. The van der Waals surface area contributed by atoms with Gasteiger partial charge in [-0.3, -0.25) is 4.98 Å². The van der Waals surface area contributed by atoms with Crippen molar-refractivity contribution < 1.29 is 9.47 Å². The highest BCUT2D eigenvalue weighted by Gasteiger charge is 2.08. The Hall–Kier alpha value is -0.970. The number of ether oxygens (including phenoxy) is 2. The fraction of sp³-hybridized carbons (Fsp3) is 0.667. The first-order valence-corrected chi connectivity index (χ1v) is 6.87. The van der Waals surface area contributed by atoms with Gasteiger partial charge < -0.3 is 14.8 Å². The van der Waals surface area contributed by atoms with Crippen LogP contribution in [0.15, 0.2) is 18.3 Å². The normalized spacial score (nSPS) is 11.8. The third-order valence-electron chi connectivity index (χ3n) is 2.48. The molecule has 0 fully saturated rings. The highest BCUT2D eigenvalue weighted by Crippen LogP contribution is 2.06. The second-order valence-electron chi connectivity index (χ2n) is 5.45. The average molecular weight is 266 g/mol. The van der Waals surface area contributed by atoms with Crippen LogP contribution in [0, 0.1) is 0 Å². The molecule has 0 atom stereocenters. The van der Waals surface area contributed by atoms with Crippen molar-refractivity contribution in [2.24, 2.45) is 0 Å². The van der Waals surface area contributed by atoms with E-state index in [4.69, 9.17) is 9.47 Å². The number of pyridine rings is 1. The number of aromatic nitrogens is 1. The number of nitrogens with one attached hydrogen (secondary N) is 1. The van der Waals surface area contributed by atoms with Crippen LogP contribution in [0.25, 0.3) is 0 Å². The Bertz CT molecular complexity index is 344. The fourth-order valence-electron chi connectivity index (χ4n) is 1.50. The van der Waals surface area contributed by atoms with Gasteiger partial charge >= 0.3 is 0 Å². The molecule has 0 aliphatic rings. The van der Waals surface area contributed by atoms with Crippen molar-refractivity contribution in [3.8, 4) is 0 Å². The summed E-state index contributed by atoms with van der Waals surface area (Å²) < 4.78 is 11.1. The number of rotatable bonds is 8. The zero-order valence-corrected chi connectivity index (χ0v) is 12.5. The number of nitrogens with zero attached hydrogens (tertiary/aromatic N) is 1. The third kappa shape index (κ3) is 7.93. The Morgan fingerprint density at radius 3 is 2.58 bits per heavy atom. The molecule has 1 aromatic rings. The average Bonchev–Trinajstić information content (AvgIpc) is 2.36. The van der Waals surface area contributed by atoms with E-state index < -0.39 is 0 Å². The van der Waals surface area contributed by atoms with Gasteiger partial charge in [0.2, 0.25) is 0 Å². The molecule has 0 amide bonds. The molecule has 0 radical (unpaired) electrons. The number of hydrogen-bond acceptors (Lipinski definition) is 4. The third-order valence-corrected chi connectivity index (χ3v) is 2.48. The second-order valence-corrected chi connectivity index (χ2v) is 5.45. The summed E-state index contributed by atoms with van der Waals surface area (Å²) in [6.07, 6.45) is 1.90. The first-order valence-electron chi connectivity index (χ1n) is 6.87. The molecule has 0 spiro atoms. The van der Waals surface area contributed by atoms with Crippen LogP contribution in [-0.4, -0.2) is 30.3 Å². The lowest BCUT2D eigenvalue weighted by atomic mass is 10.2. The molecule has 4 heteroatoms. The van der Waals surface area contributed by atoms with Crippen molar-refractivity contribution in [3.63, 3.8) is 0 Å². The van der Waals surface area contributed by atoms with E-state index in [2.05, 4.69) is 23.3 Å². The first kappa shape index (κ1) is 16.1. The quantitative estimate of drug-likeness (QED) is 0.734. The second kappa shape index (κ2) is 8.25. The molecule has 1 heterocycles. The maximum absolute atomic E-state index is 5.58. The summed E-state index contributed by atoms with van der Waals surface area (Å²) in [6.45, 7) is 11.8. The summed E-state index contributed by atoms with van der Waals surface area (Å²) in [4.78, 5) is 4.37. The Labute approximate surface area is 116 Å². The monoisotopic (exact) mass is 266 g/mol. The minimum Gasteiger partial charge on any atom is -0.373 e. The van der Waals surface area contributed by atoms with Crippen LogP contribution < -0.4 is 5.32 Å². The summed E-state index contributed by atoms with van der Waals surface area (Å²) >= 11 is 0. The van der Waals surface area contributed by atoms with Gasteiger partial charge in [-0.05, 0) is 38.9 Å². The smallest absolute Gasteiger partial charge is 0.0889 e. The highest BCUT2D eigenvalue weighted by atomic mass is 16.5. The molecule has 108 valence electrons. The summed E-state index contributed by atoms with van der Waals surface area (Å²) in [5, 5.41) is 3.27. The van der Waals surface area contributed by atoms with Gasteiger partial charge in [0.05, 0.1) is 31.1 Å². The van der Waals surface area contributed by atoms with Crippen LogP contribution in [0.3, 0.4) is 0 Å². The van der Waals surface area contributed by atoms with Crippen molar-refractivity contribution in [2.45, 2.75) is 46.4 Å². The van der Waals surface area contributed by atoms with E-state index >= 15 is 0 Å².